The number of aliphatic hydroxyl groups excluding tert-OH is 1. The van der Waals surface area contributed by atoms with E-state index in [0.29, 0.717) is 32.4 Å². The molecule has 0 aromatic carbocycles. The molecule has 5 saturated carbocycles. The van der Waals surface area contributed by atoms with Gasteiger partial charge in [0.2, 0.25) is 5.91 Å². The second kappa shape index (κ2) is 11.7. The second-order valence-electron chi connectivity index (χ2n) is 10.7. The van der Waals surface area contributed by atoms with Crippen LogP contribution in [0.25, 0.3) is 0 Å². The van der Waals surface area contributed by atoms with Crippen LogP contribution in [0.3, 0.4) is 0 Å². The molecule has 3 N–H and O–H groups in total. The standard InChI is InChI=1S/C24H38Cl3FN2O4/c25-17-3-1-15(11-19(17)27)33-10-9-29-24-7-5-23(6-8-24,13-21(24)31)30-22(32)14-34-16-2-4-18(26)20(28)12-16/h15-21,29,31H,1-14H2,(H,30,32). The molecule has 10 heteroatoms. The normalized spacial score (nSPS) is 44.7. The molecule has 0 aliphatic heterocycles. The van der Waals surface area contributed by atoms with Gasteiger partial charge in [0.25, 0.3) is 0 Å². The van der Waals surface area contributed by atoms with Gasteiger partial charge in [0.15, 0.2) is 0 Å². The molecule has 2 bridgehead atoms. The summed E-state index contributed by atoms with van der Waals surface area (Å²) < 4.78 is 25.5. The minimum Gasteiger partial charge on any atom is -0.391 e. The molecule has 0 aromatic heterocycles. The Kier molecular flexibility index (Phi) is 9.31. The number of ether oxygens (including phenoxy) is 2. The van der Waals surface area contributed by atoms with Crippen LogP contribution in [-0.4, -0.2) is 82.5 Å². The number of hydrogen-bond acceptors (Lipinski definition) is 5. The van der Waals surface area contributed by atoms with Crippen LogP contribution in [-0.2, 0) is 14.3 Å². The van der Waals surface area contributed by atoms with E-state index >= 15 is 0 Å². The van der Waals surface area contributed by atoms with Gasteiger partial charge in [0, 0.05) is 24.0 Å². The number of aliphatic hydroxyl groups is 1. The van der Waals surface area contributed by atoms with Gasteiger partial charge in [-0.1, -0.05) is 0 Å². The zero-order valence-corrected chi connectivity index (χ0v) is 21.9. The molecule has 0 radical (unpaired) electrons. The van der Waals surface area contributed by atoms with E-state index in [1.54, 1.807) is 0 Å². The van der Waals surface area contributed by atoms with Crippen molar-refractivity contribution in [2.75, 3.05) is 19.8 Å². The Hall–Kier alpha value is 0.110. The maximum atomic E-state index is 13.8. The molecule has 5 aliphatic rings. The van der Waals surface area contributed by atoms with E-state index < -0.39 is 23.2 Å². The molecule has 0 heterocycles. The summed E-state index contributed by atoms with van der Waals surface area (Å²) in [6.07, 6.45) is 6.02. The molecule has 5 rings (SSSR count). The molecule has 34 heavy (non-hydrogen) atoms. The first-order valence-corrected chi connectivity index (χ1v) is 14.0. The third kappa shape index (κ3) is 6.51. The molecule has 0 aromatic rings. The van der Waals surface area contributed by atoms with E-state index in [2.05, 4.69) is 10.6 Å². The maximum absolute atomic E-state index is 13.8. The Labute approximate surface area is 216 Å². The Morgan fingerprint density at radius 1 is 0.941 bits per heavy atom. The number of halogens is 4. The van der Waals surface area contributed by atoms with E-state index in [0.717, 1.165) is 44.9 Å². The van der Waals surface area contributed by atoms with Crippen LogP contribution in [0.15, 0.2) is 0 Å². The number of carbonyl (C=O) groups excluding carboxylic acids is 1. The number of alkyl halides is 4. The van der Waals surface area contributed by atoms with Crippen molar-refractivity contribution in [1.82, 2.24) is 10.6 Å². The third-order valence-corrected chi connectivity index (χ3v) is 10.0. The molecule has 1 amide bonds. The van der Waals surface area contributed by atoms with Crippen molar-refractivity contribution in [1.29, 1.82) is 0 Å². The molecule has 0 spiro atoms. The summed E-state index contributed by atoms with van der Waals surface area (Å²) in [4.78, 5) is 12.6. The lowest BCUT2D eigenvalue weighted by Gasteiger charge is -2.56. The van der Waals surface area contributed by atoms with Crippen LogP contribution >= 0.6 is 34.8 Å². The molecule has 5 fully saturated rings. The third-order valence-electron chi connectivity index (χ3n) is 8.40. The van der Waals surface area contributed by atoms with Gasteiger partial charge in [-0.2, -0.15) is 0 Å². The van der Waals surface area contributed by atoms with Crippen LogP contribution in [0.1, 0.15) is 70.6 Å². The Balaban J connectivity index is 1.17. The van der Waals surface area contributed by atoms with Crippen LogP contribution in [0, 0.1) is 0 Å². The quantitative estimate of drug-likeness (QED) is 0.304. The summed E-state index contributed by atoms with van der Waals surface area (Å²) in [7, 11) is 0. The fourth-order valence-corrected chi connectivity index (χ4v) is 6.97. The summed E-state index contributed by atoms with van der Waals surface area (Å²) >= 11 is 18.4. The topological polar surface area (TPSA) is 79.8 Å². The van der Waals surface area contributed by atoms with Gasteiger partial charge in [-0.25, -0.2) is 4.39 Å². The van der Waals surface area contributed by atoms with Crippen LogP contribution in [0.5, 0.6) is 0 Å². The van der Waals surface area contributed by atoms with Gasteiger partial charge in [-0.3, -0.25) is 4.79 Å². The van der Waals surface area contributed by atoms with Gasteiger partial charge in [0.05, 0.1) is 41.1 Å². The lowest BCUT2D eigenvalue weighted by Crippen LogP contribution is -2.69. The summed E-state index contributed by atoms with van der Waals surface area (Å²) in [5.41, 5.74) is -0.725. The average Bonchev–Trinajstić information content (AvgIpc) is 2.81. The van der Waals surface area contributed by atoms with Crippen LogP contribution in [0.4, 0.5) is 4.39 Å². The lowest BCUT2D eigenvalue weighted by atomic mass is 9.60. The van der Waals surface area contributed by atoms with Crippen molar-refractivity contribution >= 4 is 40.7 Å². The first kappa shape index (κ1) is 27.2. The zero-order chi connectivity index (χ0) is 24.3. The summed E-state index contributed by atoms with van der Waals surface area (Å²) in [5.74, 6) is -0.198. The second-order valence-corrected chi connectivity index (χ2v) is 12.4. The number of nitrogens with one attached hydrogen (secondary N) is 2. The summed E-state index contributed by atoms with van der Waals surface area (Å²) in [6, 6.07) is 0. The van der Waals surface area contributed by atoms with E-state index in [4.69, 9.17) is 44.3 Å². The Morgan fingerprint density at radius 3 is 2.26 bits per heavy atom. The number of amides is 1. The monoisotopic (exact) mass is 542 g/mol. The van der Waals surface area contributed by atoms with Crippen molar-refractivity contribution in [3.63, 3.8) is 0 Å². The highest BCUT2D eigenvalue weighted by atomic mass is 35.5. The fraction of sp³-hybridized carbons (Fsp3) is 0.958. The highest BCUT2D eigenvalue weighted by Gasteiger charge is 2.54. The van der Waals surface area contributed by atoms with Crippen molar-refractivity contribution in [3.05, 3.63) is 0 Å². The highest BCUT2D eigenvalue weighted by molar-refractivity contribution is 6.30. The largest absolute Gasteiger partial charge is 0.391 e. The minimum atomic E-state index is -1.09. The Morgan fingerprint density at radius 2 is 1.62 bits per heavy atom. The SMILES string of the molecule is O=C(COC1CCC(Cl)C(F)C1)NC12CCC(NCCOC3CCC(Cl)C(Cl)C3)(CC1)C(O)C2. The van der Waals surface area contributed by atoms with E-state index in [-0.39, 0.29) is 47.4 Å². The van der Waals surface area contributed by atoms with Crippen LogP contribution < -0.4 is 10.6 Å². The summed E-state index contributed by atoms with van der Waals surface area (Å²) in [6.45, 7) is 1.15. The number of fused-ring (bicyclic) bond motifs is 3. The van der Waals surface area contributed by atoms with E-state index in [1.165, 1.54) is 0 Å². The van der Waals surface area contributed by atoms with Gasteiger partial charge in [-0.05, 0) is 64.2 Å². The van der Waals surface area contributed by atoms with Crippen molar-refractivity contribution < 1.29 is 23.8 Å². The van der Waals surface area contributed by atoms with Crippen molar-refractivity contribution in [2.45, 2.75) is 122 Å². The first-order valence-electron chi connectivity index (χ1n) is 12.7. The average molecular weight is 544 g/mol. The molecule has 7 atom stereocenters. The van der Waals surface area contributed by atoms with Gasteiger partial charge in [0.1, 0.15) is 12.8 Å². The highest BCUT2D eigenvalue weighted by Crippen LogP contribution is 2.47. The molecule has 5 aliphatic carbocycles. The fourth-order valence-electron chi connectivity index (χ4n) is 6.19. The first-order chi connectivity index (χ1) is 16.2. The smallest absolute Gasteiger partial charge is 0.246 e. The van der Waals surface area contributed by atoms with E-state index in [9.17, 15) is 14.3 Å². The van der Waals surface area contributed by atoms with E-state index in [1.807, 2.05) is 0 Å². The molecule has 7 unspecified atom stereocenters. The molecular weight excluding hydrogens is 506 g/mol. The lowest BCUT2D eigenvalue weighted by molar-refractivity contribution is -0.135. The number of hydrogen-bond donors (Lipinski definition) is 3. The molecule has 196 valence electrons. The van der Waals surface area contributed by atoms with Gasteiger partial charge < -0.3 is 25.2 Å². The predicted octanol–water partition coefficient (Wildman–Crippen LogP) is 3.81. The maximum Gasteiger partial charge on any atom is 0.246 e. The number of carbonyl (C=O) groups is 1. The van der Waals surface area contributed by atoms with Gasteiger partial charge in [-0.15, -0.1) is 34.8 Å². The molecule has 0 saturated heterocycles. The summed E-state index contributed by atoms with van der Waals surface area (Å²) in [5, 5.41) is 17.2. The molecular formula is C24H38Cl3FN2O4. The predicted molar refractivity (Wildman–Crippen MR) is 132 cm³/mol. The Bertz CT molecular complexity index is 697. The van der Waals surface area contributed by atoms with Crippen molar-refractivity contribution in [3.8, 4) is 0 Å². The minimum absolute atomic E-state index is 0.0267. The zero-order valence-electron chi connectivity index (χ0n) is 19.6. The van der Waals surface area contributed by atoms with Crippen molar-refractivity contribution in [2.24, 2.45) is 0 Å². The number of rotatable bonds is 9. The van der Waals surface area contributed by atoms with Crippen LogP contribution in [0.2, 0.25) is 0 Å². The van der Waals surface area contributed by atoms with Gasteiger partial charge >= 0.3 is 0 Å². The molecule has 6 nitrogen and oxygen atoms in total.